The first-order chi connectivity index (χ1) is 23.7. The average molecular weight is 715 g/mol. The van der Waals surface area contributed by atoms with Gasteiger partial charge in [-0.2, -0.15) is 0 Å². The molecule has 2 aromatic rings. The second-order valence-corrected chi connectivity index (χ2v) is 12.1. The summed E-state index contributed by atoms with van der Waals surface area (Å²) in [5, 5.41) is 31.2. The third-order valence-corrected chi connectivity index (χ3v) is 8.22. The van der Waals surface area contributed by atoms with E-state index in [2.05, 4.69) is 45.0 Å². The number of ether oxygens (including phenoxy) is 1. The summed E-state index contributed by atoms with van der Waals surface area (Å²) < 4.78 is 5.25. The summed E-state index contributed by atoms with van der Waals surface area (Å²) in [7, 11) is 3.40. The van der Waals surface area contributed by atoms with E-state index in [0.29, 0.717) is 30.9 Å². The van der Waals surface area contributed by atoms with E-state index >= 15 is 0 Å². The van der Waals surface area contributed by atoms with Gasteiger partial charge in [-0.05, 0) is 44.2 Å². The van der Waals surface area contributed by atoms with E-state index in [4.69, 9.17) is 25.2 Å². The van der Waals surface area contributed by atoms with Gasteiger partial charge < -0.3 is 39.9 Å². The molecule has 16 heteroatoms. The van der Waals surface area contributed by atoms with Gasteiger partial charge >= 0.3 is 30.0 Å². The number of ketones is 1. The van der Waals surface area contributed by atoms with Crippen LogP contribution in [0.15, 0.2) is 76.6 Å². The molecule has 4 N–H and O–H groups in total. The highest BCUT2D eigenvalue weighted by molar-refractivity contribution is 7.99. The van der Waals surface area contributed by atoms with Crippen LogP contribution in [-0.2, 0) is 23.9 Å². The Kier molecular flexibility index (Phi) is 17.2. The monoisotopic (exact) mass is 714 g/mol. The van der Waals surface area contributed by atoms with Crippen molar-refractivity contribution in [1.82, 2.24) is 14.7 Å². The Morgan fingerprint density at radius 2 is 1.22 bits per heavy atom. The van der Waals surface area contributed by atoms with E-state index in [1.807, 2.05) is 12.1 Å². The molecule has 0 bridgehead atoms. The number of hydrogen-bond acceptors (Lipinski definition) is 11. The normalized spacial score (nSPS) is 13.9. The highest BCUT2D eigenvalue weighted by Gasteiger charge is 2.24. The minimum Gasteiger partial charge on any atom is -0.478 e. The van der Waals surface area contributed by atoms with Gasteiger partial charge in [0.2, 0.25) is 0 Å². The predicted octanol–water partition coefficient (Wildman–Crippen LogP) is 3.62. The van der Waals surface area contributed by atoms with Crippen molar-refractivity contribution in [3.8, 4) is 0 Å². The summed E-state index contributed by atoms with van der Waals surface area (Å²) in [5.74, 6) is -4.93. The van der Waals surface area contributed by atoms with Crippen LogP contribution in [-0.4, -0.2) is 137 Å². The van der Waals surface area contributed by atoms with E-state index in [0.717, 1.165) is 63.5 Å². The Balaban J connectivity index is 0.000000450. The number of anilines is 2. The molecule has 0 aliphatic carbocycles. The van der Waals surface area contributed by atoms with Crippen LogP contribution in [0.1, 0.15) is 23.7 Å². The fourth-order valence-corrected chi connectivity index (χ4v) is 5.73. The zero-order chi connectivity index (χ0) is 37.2. The van der Waals surface area contributed by atoms with Gasteiger partial charge in [0.1, 0.15) is 6.61 Å². The Hall–Kier alpha value is -5.19. The number of aliphatic carboxylic acids is 4. The lowest BCUT2D eigenvalue weighted by molar-refractivity contribution is -0.134. The van der Waals surface area contributed by atoms with Crippen LogP contribution in [0.2, 0.25) is 0 Å². The van der Waals surface area contributed by atoms with Crippen LogP contribution in [0, 0.1) is 0 Å². The summed E-state index contributed by atoms with van der Waals surface area (Å²) in [6.07, 6.45) is 2.99. The number of rotatable bonds is 12. The number of benzene rings is 2. The number of nitrogens with zero attached hydrogens (tertiary/aromatic N) is 4. The van der Waals surface area contributed by atoms with Crippen LogP contribution in [0.4, 0.5) is 16.2 Å². The molecule has 50 heavy (non-hydrogen) atoms. The predicted molar refractivity (Wildman–Crippen MR) is 185 cm³/mol. The smallest absolute Gasteiger partial charge is 0.409 e. The molecular weight excluding hydrogens is 672 g/mol. The highest BCUT2D eigenvalue weighted by Crippen LogP contribution is 2.48. The van der Waals surface area contributed by atoms with Gasteiger partial charge in [0.05, 0.1) is 11.4 Å². The molecule has 2 heterocycles. The fourth-order valence-electron chi connectivity index (χ4n) is 4.65. The Morgan fingerprint density at radius 1 is 0.720 bits per heavy atom. The van der Waals surface area contributed by atoms with E-state index in [9.17, 15) is 28.8 Å². The molecule has 1 saturated heterocycles. The molecule has 4 rings (SSSR count). The number of para-hydroxylation sites is 1. The zero-order valence-corrected chi connectivity index (χ0v) is 28.9. The van der Waals surface area contributed by atoms with Gasteiger partial charge in [-0.3, -0.25) is 9.69 Å². The number of carboxylic acid groups (broad SMARTS) is 4. The van der Waals surface area contributed by atoms with Gasteiger partial charge in [0.15, 0.2) is 5.78 Å². The van der Waals surface area contributed by atoms with Gasteiger partial charge in [0, 0.05) is 93.0 Å². The number of carbonyl (C=O) groups excluding carboxylic acids is 2. The van der Waals surface area contributed by atoms with Gasteiger partial charge in [-0.25, -0.2) is 24.0 Å². The second-order valence-electron chi connectivity index (χ2n) is 11.0. The van der Waals surface area contributed by atoms with Crippen molar-refractivity contribution >= 4 is 58.9 Å². The first-order valence-corrected chi connectivity index (χ1v) is 16.3. The molecule has 0 aromatic heterocycles. The molecule has 1 fully saturated rings. The topological polar surface area (TPSA) is 206 Å². The molecule has 15 nitrogen and oxygen atoms in total. The van der Waals surface area contributed by atoms with Gasteiger partial charge in [-0.1, -0.05) is 30.0 Å². The summed E-state index contributed by atoms with van der Waals surface area (Å²) in [6, 6.07) is 14.6. The average Bonchev–Trinajstić information content (AvgIpc) is 3.07. The van der Waals surface area contributed by atoms with Crippen molar-refractivity contribution in [2.24, 2.45) is 0 Å². The van der Waals surface area contributed by atoms with Crippen LogP contribution in [0.5, 0.6) is 0 Å². The first-order valence-electron chi connectivity index (χ1n) is 15.4. The highest BCUT2D eigenvalue weighted by atomic mass is 32.2. The van der Waals surface area contributed by atoms with Crippen molar-refractivity contribution in [2.45, 2.75) is 23.1 Å². The second kappa shape index (κ2) is 21.0. The lowest BCUT2D eigenvalue weighted by atomic mass is 10.1. The third-order valence-electron chi connectivity index (χ3n) is 7.09. The van der Waals surface area contributed by atoms with Gasteiger partial charge in [0.25, 0.3) is 0 Å². The zero-order valence-electron chi connectivity index (χ0n) is 28.1. The maximum Gasteiger partial charge on any atom is 0.409 e. The van der Waals surface area contributed by atoms with E-state index in [1.165, 1.54) is 20.4 Å². The molecule has 1 amide bonds. The maximum atomic E-state index is 12.0. The lowest BCUT2D eigenvalue weighted by Gasteiger charge is -2.36. The molecule has 2 aliphatic rings. The number of carboxylic acids is 4. The number of carbonyl (C=O) groups is 6. The molecule has 0 spiro atoms. The quantitative estimate of drug-likeness (QED) is 0.183. The minimum absolute atomic E-state index is 0.0981. The molecule has 0 saturated carbocycles. The van der Waals surface area contributed by atoms with Crippen LogP contribution < -0.4 is 4.90 Å². The molecule has 0 atom stereocenters. The number of amides is 1. The van der Waals surface area contributed by atoms with E-state index < -0.39 is 23.9 Å². The largest absolute Gasteiger partial charge is 0.478 e. The third kappa shape index (κ3) is 14.9. The molecule has 0 unspecified atom stereocenters. The first kappa shape index (κ1) is 41.0. The maximum absolute atomic E-state index is 12.0. The Bertz CT molecular complexity index is 1500. The van der Waals surface area contributed by atoms with Crippen LogP contribution in [0.3, 0.4) is 0 Å². The molecule has 0 radical (unpaired) electrons. The number of fused-ring (bicyclic) bond motifs is 2. The summed E-state index contributed by atoms with van der Waals surface area (Å²) >= 11 is 1.78. The Morgan fingerprint density at radius 3 is 1.72 bits per heavy atom. The summed E-state index contributed by atoms with van der Waals surface area (Å²) in [6.45, 7) is 8.83. The number of piperazine rings is 1. The SMILES string of the molecule is CC(=O)c1ccc2c(c1)N(CCCN1CCN(CCOC(=O)N(C)C)CC1)c1ccccc1S2.O=C(O)/C=C\C(=O)O.O=C(O)/C=C\C(=O)O. The summed E-state index contributed by atoms with van der Waals surface area (Å²) in [5.41, 5.74) is 3.11. The minimum atomic E-state index is -1.26. The van der Waals surface area contributed by atoms with Crippen molar-refractivity contribution in [2.75, 3.05) is 71.4 Å². The molecule has 270 valence electrons. The lowest BCUT2D eigenvalue weighted by Crippen LogP contribution is -2.48. The van der Waals surface area contributed by atoms with Crippen LogP contribution in [0.25, 0.3) is 0 Å². The van der Waals surface area contributed by atoms with Crippen molar-refractivity contribution in [3.05, 3.63) is 72.3 Å². The van der Waals surface area contributed by atoms with E-state index in [-0.39, 0.29) is 11.9 Å². The summed E-state index contributed by atoms with van der Waals surface area (Å²) in [4.78, 5) is 72.9. The standard InChI is InChI=1S/C26H34N4O3S.2C4H4O4/c1-20(31)21-9-10-25-23(19-21)30(22-7-4-5-8-24(22)34-25)12-6-11-28-13-15-29(16-14-28)17-18-33-26(32)27(2)3;2*5-3(6)1-2-4(7)8/h4-5,7-10,19H,6,11-18H2,1-3H3;2*1-2H,(H,5,6)(H,7,8)/b;2*2-1-. The number of Topliss-reactive ketones (excluding diaryl/α,β-unsaturated/α-hetero) is 1. The van der Waals surface area contributed by atoms with Crippen molar-refractivity contribution < 1.29 is 53.9 Å². The van der Waals surface area contributed by atoms with Crippen LogP contribution >= 0.6 is 11.8 Å². The van der Waals surface area contributed by atoms with Gasteiger partial charge in [-0.15, -0.1) is 0 Å². The van der Waals surface area contributed by atoms with Crippen molar-refractivity contribution in [3.63, 3.8) is 0 Å². The van der Waals surface area contributed by atoms with Crippen molar-refractivity contribution in [1.29, 1.82) is 0 Å². The van der Waals surface area contributed by atoms with E-state index in [1.54, 1.807) is 32.8 Å². The molecule has 2 aromatic carbocycles. The molecule has 2 aliphatic heterocycles. The Labute approximate surface area is 294 Å². The molecular formula is C34H42N4O11S. The fraction of sp³-hybridized carbons (Fsp3) is 0.353. The number of hydrogen-bond donors (Lipinski definition) is 4.